The zero-order chi connectivity index (χ0) is 21.9. The normalized spacial score (nSPS) is 10.9. The number of ether oxygens (including phenoxy) is 2. The van der Waals surface area contributed by atoms with Crippen molar-refractivity contribution in [3.63, 3.8) is 0 Å². The van der Waals surface area contributed by atoms with Crippen LogP contribution in [0, 0.1) is 0 Å². The van der Waals surface area contributed by atoms with E-state index in [0.29, 0.717) is 24.7 Å². The highest BCUT2D eigenvalue weighted by atomic mass is 16.5. The number of hydrogen-bond donors (Lipinski definition) is 2. The zero-order valence-corrected chi connectivity index (χ0v) is 17.9. The molecule has 0 bridgehead atoms. The Labute approximate surface area is 182 Å². The van der Waals surface area contributed by atoms with Gasteiger partial charge in [-0.15, -0.1) is 0 Å². The molecule has 0 fully saturated rings. The average molecular weight is 421 g/mol. The van der Waals surface area contributed by atoms with Crippen LogP contribution in [0.5, 0.6) is 11.5 Å². The summed E-state index contributed by atoms with van der Waals surface area (Å²) < 4.78 is 11.6. The molecule has 0 saturated carbocycles. The number of aromatic amines is 1. The van der Waals surface area contributed by atoms with Gasteiger partial charge in [-0.1, -0.05) is 50.1 Å². The van der Waals surface area contributed by atoms with Gasteiger partial charge in [0.2, 0.25) is 5.95 Å². The summed E-state index contributed by atoms with van der Waals surface area (Å²) in [5, 5.41) is 4.20. The molecule has 2 aromatic carbocycles. The third kappa shape index (κ3) is 6.70. The molecule has 1 heterocycles. The van der Waals surface area contributed by atoms with Gasteiger partial charge in [-0.2, -0.15) is 5.10 Å². The van der Waals surface area contributed by atoms with Crippen LogP contribution >= 0.6 is 0 Å². The number of hydrazone groups is 1. The largest absolute Gasteiger partial charge is 0.490 e. The van der Waals surface area contributed by atoms with Gasteiger partial charge in [0.1, 0.15) is 0 Å². The van der Waals surface area contributed by atoms with E-state index in [1.807, 2.05) is 55.5 Å². The van der Waals surface area contributed by atoms with Crippen LogP contribution in [-0.4, -0.2) is 29.4 Å². The highest BCUT2D eigenvalue weighted by molar-refractivity contribution is 5.81. The Morgan fingerprint density at radius 2 is 1.87 bits per heavy atom. The Kier molecular flexibility index (Phi) is 8.22. The summed E-state index contributed by atoms with van der Waals surface area (Å²) >= 11 is 0. The van der Waals surface area contributed by atoms with E-state index in [1.165, 1.54) is 6.07 Å². The van der Waals surface area contributed by atoms with Gasteiger partial charge in [-0.25, -0.2) is 10.4 Å². The van der Waals surface area contributed by atoms with Gasteiger partial charge in [0.25, 0.3) is 5.56 Å². The van der Waals surface area contributed by atoms with Gasteiger partial charge >= 0.3 is 0 Å². The van der Waals surface area contributed by atoms with Crippen molar-refractivity contribution in [1.29, 1.82) is 0 Å². The average Bonchev–Trinajstić information content (AvgIpc) is 2.78. The van der Waals surface area contributed by atoms with E-state index >= 15 is 0 Å². The molecular formula is C24H28N4O3. The van der Waals surface area contributed by atoms with Crippen molar-refractivity contribution in [2.24, 2.45) is 5.10 Å². The second kappa shape index (κ2) is 11.5. The number of nitrogens with zero attached hydrogens (tertiary/aromatic N) is 2. The molecule has 1 aromatic heterocycles. The van der Waals surface area contributed by atoms with Gasteiger partial charge in [-0.05, 0) is 37.1 Å². The van der Waals surface area contributed by atoms with Gasteiger partial charge in [0, 0.05) is 11.6 Å². The predicted molar refractivity (Wildman–Crippen MR) is 124 cm³/mol. The molecule has 3 rings (SSSR count). The molecule has 3 aromatic rings. The number of aromatic nitrogens is 2. The van der Waals surface area contributed by atoms with Crippen molar-refractivity contribution in [3.05, 3.63) is 70.5 Å². The van der Waals surface area contributed by atoms with E-state index in [9.17, 15) is 4.79 Å². The third-order valence-electron chi connectivity index (χ3n) is 4.47. The van der Waals surface area contributed by atoms with Crippen molar-refractivity contribution in [3.8, 4) is 22.8 Å². The highest BCUT2D eigenvalue weighted by Crippen LogP contribution is 2.28. The molecule has 0 amide bonds. The van der Waals surface area contributed by atoms with Crippen LogP contribution in [-0.2, 0) is 0 Å². The fourth-order valence-corrected chi connectivity index (χ4v) is 2.96. The lowest BCUT2D eigenvalue weighted by atomic mass is 10.1. The van der Waals surface area contributed by atoms with Crippen molar-refractivity contribution < 1.29 is 9.47 Å². The van der Waals surface area contributed by atoms with E-state index in [-0.39, 0.29) is 11.5 Å². The SMILES string of the molecule is CCCCCOc1ccc(/C=N/Nc2nc(-c3ccccc3)cc(=O)[nH]2)cc1OCC. The number of anilines is 1. The first-order valence-corrected chi connectivity index (χ1v) is 10.5. The fraction of sp³-hybridized carbons (Fsp3) is 0.292. The molecule has 7 nitrogen and oxygen atoms in total. The maximum atomic E-state index is 12.0. The maximum Gasteiger partial charge on any atom is 0.252 e. The Bertz CT molecular complexity index is 1050. The molecule has 0 unspecified atom stereocenters. The zero-order valence-electron chi connectivity index (χ0n) is 17.9. The van der Waals surface area contributed by atoms with E-state index in [2.05, 4.69) is 27.4 Å². The molecule has 2 N–H and O–H groups in total. The van der Waals surface area contributed by atoms with Gasteiger partial charge in [0.05, 0.1) is 25.1 Å². The molecular weight excluding hydrogens is 392 g/mol. The molecule has 0 atom stereocenters. The maximum absolute atomic E-state index is 12.0. The summed E-state index contributed by atoms with van der Waals surface area (Å²) in [6.45, 7) is 5.31. The van der Waals surface area contributed by atoms with E-state index in [1.54, 1.807) is 6.21 Å². The quantitative estimate of drug-likeness (QED) is 0.263. The molecule has 162 valence electrons. The van der Waals surface area contributed by atoms with Gasteiger partial charge < -0.3 is 9.47 Å². The summed E-state index contributed by atoms with van der Waals surface area (Å²) in [5.41, 5.74) is 4.80. The first-order valence-electron chi connectivity index (χ1n) is 10.5. The van der Waals surface area contributed by atoms with Crippen LogP contribution in [0.15, 0.2) is 64.5 Å². The van der Waals surface area contributed by atoms with Crippen LogP contribution < -0.4 is 20.5 Å². The van der Waals surface area contributed by atoms with Crippen LogP contribution in [0.4, 0.5) is 5.95 Å². The third-order valence-corrected chi connectivity index (χ3v) is 4.47. The first-order chi connectivity index (χ1) is 15.2. The van der Waals surface area contributed by atoms with E-state index in [0.717, 1.165) is 36.1 Å². The minimum absolute atomic E-state index is 0.255. The predicted octanol–water partition coefficient (Wildman–Crippen LogP) is 4.85. The lowest BCUT2D eigenvalue weighted by Crippen LogP contribution is -2.10. The summed E-state index contributed by atoms with van der Waals surface area (Å²) in [7, 11) is 0. The lowest BCUT2D eigenvalue weighted by molar-refractivity contribution is 0.271. The van der Waals surface area contributed by atoms with Crippen LogP contribution in [0.2, 0.25) is 0 Å². The van der Waals surface area contributed by atoms with Gasteiger partial charge in [-0.3, -0.25) is 9.78 Å². The van der Waals surface area contributed by atoms with Crippen LogP contribution in [0.3, 0.4) is 0 Å². The monoisotopic (exact) mass is 420 g/mol. The minimum atomic E-state index is -0.255. The standard InChI is InChI=1S/C24H28N4O3/c1-3-5-9-14-31-21-13-12-18(15-22(21)30-4-2)17-25-28-24-26-20(16-23(29)27-24)19-10-7-6-8-11-19/h6-8,10-13,15-17H,3-5,9,14H2,1-2H3,(H2,26,27,28,29)/b25-17+. The Morgan fingerprint density at radius 3 is 2.65 bits per heavy atom. The van der Waals surface area contributed by atoms with E-state index < -0.39 is 0 Å². The molecule has 0 aliphatic carbocycles. The number of benzene rings is 2. The Balaban J connectivity index is 1.69. The van der Waals surface area contributed by atoms with Crippen molar-refractivity contribution >= 4 is 12.2 Å². The summed E-state index contributed by atoms with van der Waals surface area (Å²) in [6.07, 6.45) is 4.95. The smallest absolute Gasteiger partial charge is 0.252 e. The molecule has 0 radical (unpaired) electrons. The summed E-state index contributed by atoms with van der Waals surface area (Å²) in [6, 6.07) is 16.6. The molecule has 0 spiro atoms. The van der Waals surface area contributed by atoms with E-state index in [4.69, 9.17) is 9.47 Å². The number of H-pyrrole nitrogens is 1. The minimum Gasteiger partial charge on any atom is -0.490 e. The Morgan fingerprint density at radius 1 is 1.03 bits per heavy atom. The lowest BCUT2D eigenvalue weighted by Gasteiger charge is -2.12. The fourth-order valence-electron chi connectivity index (χ4n) is 2.96. The molecule has 0 aliphatic rings. The number of nitrogens with one attached hydrogen (secondary N) is 2. The van der Waals surface area contributed by atoms with Crippen molar-refractivity contribution in [2.75, 3.05) is 18.6 Å². The summed E-state index contributed by atoms with van der Waals surface area (Å²) in [5.74, 6) is 1.67. The van der Waals surface area contributed by atoms with Crippen LogP contribution in [0.1, 0.15) is 38.7 Å². The number of rotatable bonds is 11. The molecule has 7 heteroatoms. The highest BCUT2D eigenvalue weighted by Gasteiger charge is 2.06. The second-order valence-corrected chi connectivity index (χ2v) is 6.91. The first kappa shape index (κ1) is 22.1. The molecule has 0 saturated heterocycles. The second-order valence-electron chi connectivity index (χ2n) is 6.91. The van der Waals surface area contributed by atoms with Crippen molar-refractivity contribution in [1.82, 2.24) is 9.97 Å². The number of hydrogen-bond acceptors (Lipinski definition) is 6. The van der Waals surface area contributed by atoms with Crippen molar-refractivity contribution in [2.45, 2.75) is 33.1 Å². The van der Waals surface area contributed by atoms with Gasteiger partial charge in [0.15, 0.2) is 11.5 Å². The topological polar surface area (TPSA) is 88.6 Å². The number of unbranched alkanes of at least 4 members (excludes halogenated alkanes) is 2. The summed E-state index contributed by atoms with van der Waals surface area (Å²) in [4.78, 5) is 19.0. The molecule has 31 heavy (non-hydrogen) atoms. The molecule has 0 aliphatic heterocycles. The van der Waals surface area contributed by atoms with Crippen LogP contribution in [0.25, 0.3) is 11.3 Å². The Hall–Kier alpha value is -3.61.